The van der Waals surface area contributed by atoms with E-state index in [4.69, 9.17) is 0 Å². The van der Waals surface area contributed by atoms with Gasteiger partial charge in [0.15, 0.2) is 5.96 Å². The van der Waals surface area contributed by atoms with Crippen LogP contribution in [0.2, 0.25) is 0 Å². The molecule has 3 atom stereocenters. The molecule has 4 rings (SSSR count). The van der Waals surface area contributed by atoms with Crippen molar-refractivity contribution in [3.63, 3.8) is 0 Å². The highest BCUT2D eigenvalue weighted by atomic mass is 127. The number of hydrogen-bond acceptors (Lipinski definition) is 3. The van der Waals surface area contributed by atoms with Gasteiger partial charge in [-0.1, -0.05) is 37.3 Å². The second-order valence-corrected chi connectivity index (χ2v) is 8.39. The average Bonchev–Trinajstić information content (AvgIpc) is 3.47. The lowest BCUT2D eigenvalue weighted by molar-refractivity contribution is 0.186. The van der Waals surface area contributed by atoms with Crippen molar-refractivity contribution in [3.05, 3.63) is 54.6 Å². The van der Waals surface area contributed by atoms with Crippen molar-refractivity contribution in [2.45, 2.75) is 38.3 Å². The number of halogens is 1. The lowest BCUT2D eigenvalue weighted by Gasteiger charge is -2.40. The van der Waals surface area contributed by atoms with Gasteiger partial charge in [0.25, 0.3) is 0 Å². The first-order valence-electron chi connectivity index (χ1n) is 11.0. The molecule has 7 heteroatoms. The largest absolute Gasteiger partial charge is 0.354 e. The normalized spacial score (nSPS) is 23.8. The number of imidazole rings is 1. The second-order valence-electron chi connectivity index (χ2n) is 8.39. The van der Waals surface area contributed by atoms with E-state index in [1.807, 2.05) is 19.6 Å². The molecule has 3 unspecified atom stereocenters. The third-order valence-corrected chi connectivity index (χ3v) is 6.56. The number of aliphatic imine (C=N–C) groups is 1. The van der Waals surface area contributed by atoms with E-state index in [0.29, 0.717) is 18.0 Å². The number of rotatable bonds is 5. The van der Waals surface area contributed by atoms with E-state index in [9.17, 15) is 0 Å². The number of hydrogen-bond donors (Lipinski definition) is 1. The topological polar surface area (TPSA) is 48.7 Å². The molecule has 1 aromatic carbocycles. The fraction of sp³-hybridized carbons (Fsp3) is 0.565. The van der Waals surface area contributed by atoms with Crippen molar-refractivity contribution < 1.29 is 0 Å². The van der Waals surface area contributed by atoms with Gasteiger partial charge in [-0.05, 0) is 43.8 Å². The SMILES string of the molecule is CN=C(NCC(c1ccccc1)N1CCCC1)N1CCC(C)C(n2ccnc2)C1.I. The summed E-state index contributed by atoms with van der Waals surface area (Å²) in [7, 11) is 1.90. The Bertz CT molecular complexity index is 772. The van der Waals surface area contributed by atoms with Crippen molar-refractivity contribution in [2.75, 3.05) is 39.8 Å². The van der Waals surface area contributed by atoms with E-state index < -0.39 is 0 Å². The lowest BCUT2D eigenvalue weighted by atomic mass is 9.93. The zero-order valence-corrected chi connectivity index (χ0v) is 20.5. The van der Waals surface area contributed by atoms with Crippen molar-refractivity contribution >= 4 is 29.9 Å². The maximum absolute atomic E-state index is 4.63. The molecule has 0 aliphatic carbocycles. The number of nitrogens with one attached hydrogen (secondary N) is 1. The molecule has 3 heterocycles. The smallest absolute Gasteiger partial charge is 0.193 e. The Labute approximate surface area is 197 Å². The summed E-state index contributed by atoms with van der Waals surface area (Å²) in [6.07, 6.45) is 9.67. The van der Waals surface area contributed by atoms with Crippen LogP contribution >= 0.6 is 24.0 Å². The summed E-state index contributed by atoms with van der Waals surface area (Å²) >= 11 is 0. The van der Waals surface area contributed by atoms with E-state index in [-0.39, 0.29) is 24.0 Å². The molecule has 2 fully saturated rings. The predicted molar refractivity (Wildman–Crippen MR) is 133 cm³/mol. The van der Waals surface area contributed by atoms with Gasteiger partial charge in [0.1, 0.15) is 0 Å². The van der Waals surface area contributed by atoms with Gasteiger partial charge in [0, 0.05) is 39.1 Å². The number of likely N-dealkylation sites (tertiary alicyclic amines) is 2. The molecular weight excluding hydrogens is 487 g/mol. The minimum Gasteiger partial charge on any atom is -0.354 e. The first kappa shape index (κ1) is 23.1. The Balaban J connectivity index is 0.00000256. The monoisotopic (exact) mass is 522 g/mol. The number of benzene rings is 1. The van der Waals surface area contributed by atoms with Crippen LogP contribution in [0.4, 0.5) is 0 Å². The molecule has 1 N–H and O–H groups in total. The minimum absolute atomic E-state index is 0. The predicted octanol–water partition coefficient (Wildman–Crippen LogP) is 3.80. The molecule has 2 aliphatic rings. The molecule has 2 aromatic rings. The molecule has 6 nitrogen and oxygen atoms in total. The molecule has 0 bridgehead atoms. The fourth-order valence-electron chi connectivity index (χ4n) is 4.80. The molecule has 0 radical (unpaired) electrons. The number of aromatic nitrogens is 2. The molecule has 2 saturated heterocycles. The average molecular weight is 522 g/mol. The standard InChI is InChI=1S/C23H34N6.HI/c1-19-10-14-28(17-22(19)29-15-11-25-18-29)23(24-2)26-16-21(27-12-6-7-13-27)20-8-4-3-5-9-20;/h3-5,8-9,11,15,18-19,21-22H,6-7,10,12-14,16-17H2,1-2H3,(H,24,26);1H. The third-order valence-electron chi connectivity index (χ3n) is 6.56. The van der Waals surface area contributed by atoms with E-state index in [2.05, 4.69) is 73.1 Å². The van der Waals surface area contributed by atoms with Crippen LogP contribution in [0, 0.1) is 5.92 Å². The summed E-state index contributed by atoms with van der Waals surface area (Å²) in [5.74, 6) is 1.65. The molecule has 1 aromatic heterocycles. The minimum atomic E-state index is 0. The summed E-state index contributed by atoms with van der Waals surface area (Å²) in [6, 6.07) is 11.7. The first-order chi connectivity index (χ1) is 14.3. The van der Waals surface area contributed by atoms with Crippen molar-refractivity contribution in [1.29, 1.82) is 0 Å². The summed E-state index contributed by atoms with van der Waals surface area (Å²) in [5.41, 5.74) is 1.39. The molecule has 0 amide bonds. The quantitative estimate of drug-likeness (QED) is 0.369. The van der Waals surface area contributed by atoms with Crippen LogP contribution in [-0.2, 0) is 0 Å². The molecule has 0 saturated carbocycles. The Hall–Kier alpha value is -1.61. The van der Waals surface area contributed by atoms with Crippen LogP contribution in [-0.4, -0.2) is 65.1 Å². The molecule has 2 aliphatic heterocycles. The van der Waals surface area contributed by atoms with Gasteiger partial charge in [-0.15, -0.1) is 24.0 Å². The van der Waals surface area contributed by atoms with Gasteiger partial charge in [-0.3, -0.25) is 9.89 Å². The Kier molecular flexibility index (Phi) is 8.56. The van der Waals surface area contributed by atoms with Crippen LogP contribution in [0.5, 0.6) is 0 Å². The number of piperidine rings is 1. The van der Waals surface area contributed by atoms with Gasteiger partial charge in [0.2, 0.25) is 0 Å². The summed E-state index contributed by atoms with van der Waals surface area (Å²) in [4.78, 5) is 13.9. The highest BCUT2D eigenvalue weighted by molar-refractivity contribution is 14.0. The highest BCUT2D eigenvalue weighted by Gasteiger charge is 2.30. The molecule has 0 spiro atoms. The Morgan fingerprint density at radius 3 is 2.63 bits per heavy atom. The third kappa shape index (κ3) is 5.35. The Morgan fingerprint density at radius 1 is 1.20 bits per heavy atom. The van der Waals surface area contributed by atoms with Crippen LogP contribution in [0.1, 0.15) is 43.8 Å². The maximum atomic E-state index is 4.63. The van der Waals surface area contributed by atoms with Crippen molar-refractivity contribution in [1.82, 2.24) is 24.7 Å². The van der Waals surface area contributed by atoms with E-state index in [1.165, 1.54) is 31.5 Å². The van der Waals surface area contributed by atoms with Gasteiger partial charge in [-0.2, -0.15) is 0 Å². The van der Waals surface area contributed by atoms with Gasteiger partial charge >= 0.3 is 0 Å². The van der Waals surface area contributed by atoms with Gasteiger partial charge in [0.05, 0.1) is 18.4 Å². The van der Waals surface area contributed by atoms with Crippen LogP contribution in [0.15, 0.2) is 54.0 Å². The van der Waals surface area contributed by atoms with Crippen LogP contribution < -0.4 is 5.32 Å². The summed E-state index contributed by atoms with van der Waals surface area (Å²) < 4.78 is 2.25. The van der Waals surface area contributed by atoms with E-state index in [1.54, 1.807) is 0 Å². The van der Waals surface area contributed by atoms with Crippen LogP contribution in [0.25, 0.3) is 0 Å². The van der Waals surface area contributed by atoms with Crippen molar-refractivity contribution in [3.8, 4) is 0 Å². The first-order valence-corrected chi connectivity index (χ1v) is 11.0. The van der Waals surface area contributed by atoms with Gasteiger partial charge < -0.3 is 14.8 Å². The van der Waals surface area contributed by atoms with Crippen molar-refractivity contribution in [2.24, 2.45) is 10.9 Å². The summed E-state index contributed by atoms with van der Waals surface area (Å²) in [5, 5.41) is 3.70. The maximum Gasteiger partial charge on any atom is 0.193 e. The zero-order valence-electron chi connectivity index (χ0n) is 18.2. The lowest BCUT2D eigenvalue weighted by Crippen LogP contribution is -2.50. The molecule has 164 valence electrons. The molecule has 30 heavy (non-hydrogen) atoms. The van der Waals surface area contributed by atoms with Gasteiger partial charge in [-0.25, -0.2) is 4.98 Å². The summed E-state index contributed by atoms with van der Waals surface area (Å²) in [6.45, 7) is 7.62. The Morgan fingerprint density at radius 2 is 1.97 bits per heavy atom. The van der Waals surface area contributed by atoms with E-state index in [0.717, 1.165) is 32.0 Å². The highest BCUT2D eigenvalue weighted by Crippen LogP contribution is 2.28. The van der Waals surface area contributed by atoms with E-state index >= 15 is 0 Å². The second kappa shape index (κ2) is 11.1. The van der Waals surface area contributed by atoms with Crippen LogP contribution in [0.3, 0.4) is 0 Å². The zero-order chi connectivity index (χ0) is 20.1. The number of guanidine groups is 1. The molecular formula is C23H35IN6. The fourth-order valence-corrected chi connectivity index (χ4v) is 4.80. The number of nitrogens with zero attached hydrogens (tertiary/aromatic N) is 5.